The quantitative estimate of drug-likeness (QED) is 0.809. The molecule has 5 heteroatoms. The van der Waals surface area contributed by atoms with Crippen LogP contribution < -0.4 is 5.32 Å². The van der Waals surface area contributed by atoms with Crippen molar-refractivity contribution >= 4 is 11.7 Å². The first-order valence-corrected chi connectivity index (χ1v) is 8.30. The molecule has 0 bridgehead atoms. The number of carboxylic acids is 1. The molecule has 0 radical (unpaired) electrons. The Balaban J connectivity index is 1.97. The van der Waals surface area contributed by atoms with E-state index in [1.165, 1.54) is 5.82 Å². The molecular weight excluding hydrogens is 290 g/mol. The molecule has 0 amide bonds. The van der Waals surface area contributed by atoms with Gasteiger partial charge in [0, 0.05) is 38.3 Å². The minimum absolute atomic E-state index is 0.176. The Labute approximate surface area is 138 Å². The SMILES string of the molecule is CC/C=C(/Nc1ccc(CCC(=O)O)cc1)N1CCN(C)CC1. The van der Waals surface area contributed by atoms with Crippen LogP contribution in [0, 0.1) is 0 Å². The number of nitrogens with one attached hydrogen (secondary N) is 1. The summed E-state index contributed by atoms with van der Waals surface area (Å²) in [5.74, 6) is 0.411. The number of rotatable bonds is 7. The lowest BCUT2D eigenvalue weighted by Crippen LogP contribution is -2.45. The topological polar surface area (TPSA) is 55.8 Å². The van der Waals surface area contributed by atoms with Gasteiger partial charge in [0.2, 0.25) is 0 Å². The highest BCUT2D eigenvalue weighted by Gasteiger charge is 2.16. The number of carboxylic acid groups (broad SMARTS) is 1. The van der Waals surface area contributed by atoms with Gasteiger partial charge in [-0.05, 0) is 43.7 Å². The molecule has 1 heterocycles. The molecule has 2 N–H and O–H groups in total. The molecule has 1 aromatic rings. The van der Waals surface area contributed by atoms with Gasteiger partial charge in [0.05, 0.1) is 0 Å². The van der Waals surface area contributed by atoms with Crippen LogP contribution in [0.5, 0.6) is 0 Å². The van der Waals surface area contributed by atoms with Crippen LogP contribution in [-0.2, 0) is 11.2 Å². The third-order valence-corrected chi connectivity index (χ3v) is 4.10. The van der Waals surface area contributed by atoms with Crippen LogP contribution in [0.15, 0.2) is 36.2 Å². The summed E-state index contributed by atoms with van der Waals surface area (Å²) >= 11 is 0. The third kappa shape index (κ3) is 5.60. The summed E-state index contributed by atoms with van der Waals surface area (Å²) in [6.07, 6.45) is 3.97. The van der Waals surface area contributed by atoms with E-state index in [0.29, 0.717) is 6.42 Å². The van der Waals surface area contributed by atoms with Crippen molar-refractivity contribution in [2.45, 2.75) is 26.2 Å². The summed E-state index contributed by atoms with van der Waals surface area (Å²) in [5, 5.41) is 12.3. The normalized spacial score (nSPS) is 16.4. The number of piperazine rings is 1. The molecule has 126 valence electrons. The summed E-state index contributed by atoms with van der Waals surface area (Å²) in [6, 6.07) is 8.05. The van der Waals surface area contributed by atoms with Crippen LogP contribution in [-0.4, -0.2) is 54.1 Å². The number of aliphatic carboxylic acids is 1. The van der Waals surface area contributed by atoms with Gasteiger partial charge in [-0.1, -0.05) is 19.1 Å². The van der Waals surface area contributed by atoms with E-state index in [9.17, 15) is 4.79 Å². The van der Waals surface area contributed by atoms with Crippen molar-refractivity contribution in [3.8, 4) is 0 Å². The fourth-order valence-electron chi connectivity index (χ4n) is 2.65. The number of likely N-dealkylation sites (N-methyl/N-ethyl adjacent to an activating group) is 1. The zero-order valence-electron chi connectivity index (χ0n) is 14.1. The first-order chi connectivity index (χ1) is 11.1. The lowest BCUT2D eigenvalue weighted by atomic mass is 10.1. The van der Waals surface area contributed by atoms with E-state index in [-0.39, 0.29) is 6.42 Å². The minimum atomic E-state index is -0.754. The first kappa shape index (κ1) is 17.3. The summed E-state index contributed by atoms with van der Waals surface area (Å²) in [6.45, 7) is 6.37. The predicted octanol–water partition coefficient (Wildman–Crippen LogP) is 2.61. The fraction of sp³-hybridized carbons (Fsp3) is 0.500. The molecule has 23 heavy (non-hydrogen) atoms. The van der Waals surface area contributed by atoms with Crippen LogP contribution >= 0.6 is 0 Å². The van der Waals surface area contributed by atoms with Crippen LogP contribution in [0.4, 0.5) is 5.69 Å². The van der Waals surface area contributed by atoms with E-state index in [4.69, 9.17) is 5.11 Å². The van der Waals surface area contributed by atoms with Crippen LogP contribution in [0.25, 0.3) is 0 Å². The minimum Gasteiger partial charge on any atom is -0.481 e. The van der Waals surface area contributed by atoms with Gasteiger partial charge in [-0.15, -0.1) is 0 Å². The van der Waals surface area contributed by atoms with Crippen molar-refractivity contribution in [1.29, 1.82) is 0 Å². The Morgan fingerprint density at radius 2 is 1.87 bits per heavy atom. The zero-order valence-corrected chi connectivity index (χ0v) is 14.1. The lowest BCUT2D eigenvalue weighted by molar-refractivity contribution is -0.136. The first-order valence-electron chi connectivity index (χ1n) is 8.30. The van der Waals surface area contributed by atoms with E-state index < -0.39 is 5.97 Å². The summed E-state index contributed by atoms with van der Waals surface area (Å²) in [5.41, 5.74) is 2.10. The number of anilines is 1. The van der Waals surface area contributed by atoms with Gasteiger partial charge < -0.3 is 20.2 Å². The predicted molar refractivity (Wildman–Crippen MR) is 93.5 cm³/mol. The van der Waals surface area contributed by atoms with Gasteiger partial charge >= 0.3 is 5.97 Å². The van der Waals surface area contributed by atoms with E-state index in [1.54, 1.807) is 0 Å². The highest BCUT2D eigenvalue weighted by molar-refractivity contribution is 5.67. The summed E-state index contributed by atoms with van der Waals surface area (Å²) < 4.78 is 0. The Morgan fingerprint density at radius 3 is 2.43 bits per heavy atom. The second-order valence-corrected chi connectivity index (χ2v) is 6.00. The van der Waals surface area contributed by atoms with Crippen molar-refractivity contribution in [3.05, 3.63) is 41.7 Å². The standard InChI is InChI=1S/C18H27N3O2/c1-3-4-17(21-13-11-20(2)12-14-21)19-16-8-5-15(6-9-16)7-10-18(22)23/h4-6,8-9,19H,3,7,10-14H2,1-2H3,(H,22,23)/b17-4-. The Hall–Kier alpha value is -2.01. The maximum absolute atomic E-state index is 10.6. The third-order valence-electron chi connectivity index (χ3n) is 4.10. The Morgan fingerprint density at radius 1 is 1.22 bits per heavy atom. The molecule has 1 saturated heterocycles. The van der Waals surface area contributed by atoms with Crippen molar-refractivity contribution in [1.82, 2.24) is 9.80 Å². The molecule has 0 atom stereocenters. The maximum Gasteiger partial charge on any atom is 0.303 e. The average Bonchev–Trinajstić information content (AvgIpc) is 2.54. The van der Waals surface area contributed by atoms with E-state index in [1.807, 2.05) is 24.3 Å². The zero-order chi connectivity index (χ0) is 16.7. The molecule has 0 unspecified atom stereocenters. The van der Waals surface area contributed by atoms with Crippen molar-refractivity contribution < 1.29 is 9.90 Å². The molecule has 5 nitrogen and oxygen atoms in total. The summed E-state index contributed by atoms with van der Waals surface area (Å²) in [7, 11) is 2.16. The number of hydrogen-bond donors (Lipinski definition) is 2. The summed E-state index contributed by atoms with van der Waals surface area (Å²) in [4.78, 5) is 15.4. The van der Waals surface area contributed by atoms with Gasteiger partial charge in [-0.25, -0.2) is 0 Å². The van der Waals surface area contributed by atoms with Crippen LogP contribution in [0.1, 0.15) is 25.3 Å². The second-order valence-electron chi connectivity index (χ2n) is 6.00. The van der Waals surface area contributed by atoms with E-state index in [2.05, 4.69) is 35.2 Å². The number of nitrogens with zero attached hydrogens (tertiary/aromatic N) is 2. The number of allylic oxidation sites excluding steroid dienone is 1. The van der Waals surface area contributed by atoms with Crippen molar-refractivity contribution in [2.24, 2.45) is 0 Å². The molecule has 1 fully saturated rings. The van der Waals surface area contributed by atoms with Gasteiger partial charge in [-0.3, -0.25) is 4.79 Å². The molecular formula is C18H27N3O2. The molecule has 0 saturated carbocycles. The maximum atomic E-state index is 10.6. The van der Waals surface area contributed by atoms with Crippen molar-refractivity contribution in [3.63, 3.8) is 0 Å². The average molecular weight is 317 g/mol. The molecule has 0 aromatic heterocycles. The number of aryl methyl sites for hydroxylation is 1. The van der Waals surface area contributed by atoms with E-state index in [0.717, 1.165) is 43.9 Å². The highest BCUT2D eigenvalue weighted by atomic mass is 16.4. The second kappa shape index (κ2) is 8.58. The van der Waals surface area contributed by atoms with Gasteiger partial charge in [0.1, 0.15) is 5.82 Å². The monoisotopic (exact) mass is 317 g/mol. The van der Waals surface area contributed by atoms with Gasteiger partial charge in [0.25, 0.3) is 0 Å². The number of carbonyl (C=O) groups is 1. The van der Waals surface area contributed by atoms with Crippen LogP contribution in [0.3, 0.4) is 0 Å². The molecule has 0 aliphatic carbocycles. The van der Waals surface area contributed by atoms with Crippen molar-refractivity contribution in [2.75, 3.05) is 38.5 Å². The largest absolute Gasteiger partial charge is 0.481 e. The van der Waals surface area contributed by atoms with Crippen LogP contribution in [0.2, 0.25) is 0 Å². The number of hydrogen-bond acceptors (Lipinski definition) is 4. The van der Waals surface area contributed by atoms with Gasteiger partial charge in [0.15, 0.2) is 0 Å². The molecule has 1 aliphatic rings. The fourth-order valence-corrected chi connectivity index (χ4v) is 2.65. The molecule has 2 rings (SSSR count). The Bertz CT molecular complexity index is 532. The molecule has 1 aliphatic heterocycles. The number of benzene rings is 1. The lowest BCUT2D eigenvalue weighted by Gasteiger charge is -2.35. The van der Waals surface area contributed by atoms with Gasteiger partial charge in [-0.2, -0.15) is 0 Å². The Kier molecular flexibility index (Phi) is 6.47. The smallest absolute Gasteiger partial charge is 0.303 e. The molecule has 1 aromatic carbocycles. The highest BCUT2D eigenvalue weighted by Crippen LogP contribution is 2.17. The van der Waals surface area contributed by atoms with E-state index >= 15 is 0 Å². The molecule has 0 spiro atoms.